The second-order valence-electron chi connectivity index (χ2n) is 9.33. The highest BCUT2D eigenvalue weighted by Gasteiger charge is 2.51. The van der Waals surface area contributed by atoms with E-state index in [0.717, 1.165) is 50.9 Å². The second kappa shape index (κ2) is 7.86. The molecule has 1 amide bonds. The van der Waals surface area contributed by atoms with Crippen molar-refractivity contribution in [2.75, 3.05) is 33.3 Å². The van der Waals surface area contributed by atoms with Crippen molar-refractivity contribution in [1.29, 1.82) is 0 Å². The van der Waals surface area contributed by atoms with Gasteiger partial charge in [-0.3, -0.25) is 14.7 Å². The molecule has 0 unspecified atom stereocenters. The first-order valence-corrected chi connectivity index (χ1v) is 10.7. The van der Waals surface area contributed by atoms with Crippen LogP contribution in [0.3, 0.4) is 0 Å². The third kappa shape index (κ3) is 3.82. The van der Waals surface area contributed by atoms with Gasteiger partial charge in [0.1, 0.15) is 11.4 Å². The van der Waals surface area contributed by atoms with E-state index in [-0.39, 0.29) is 5.91 Å². The van der Waals surface area contributed by atoms with Gasteiger partial charge in [-0.15, -0.1) is 0 Å². The predicted octanol–water partition coefficient (Wildman–Crippen LogP) is 3.52. The standard InChI is InChI=1S/C23H33N3O2/c1-23(2)18-5-4-17(20(23)12-18)15-26-10-7-16(8-11-26)14-25-22(27)21-13-19(28-3)6-9-24-21/h4,6,9,13,16,18,20H,5,7-8,10-12,14-15H2,1-3H3,(H,25,27)/t18-,20-/m0/s1. The number of rotatable bonds is 6. The van der Waals surface area contributed by atoms with Crippen molar-refractivity contribution >= 4 is 5.91 Å². The number of ether oxygens (including phenoxy) is 1. The number of pyridine rings is 1. The molecule has 2 heterocycles. The predicted molar refractivity (Wildman–Crippen MR) is 110 cm³/mol. The van der Waals surface area contributed by atoms with E-state index in [9.17, 15) is 4.79 Å². The molecule has 5 rings (SSSR count). The zero-order valence-corrected chi connectivity index (χ0v) is 17.4. The normalized spacial score (nSPS) is 26.9. The van der Waals surface area contributed by atoms with Gasteiger partial charge in [0.25, 0.3) is 5.91 Å². The molecule has 1 aromatic rings. The summed E-state index contributed by atoms with van der Waals surface area (Å²) in [5, 5.41) is 3.05. The van der Waals surface area contributed by atoms with E-state index in [4.69, 9.17) is 4.74 Å². The van der Waals surface area contributed by atoms with Crippen molar-refractivity contribution in [3.63, 3.8) is 0 Å². The Bertz CT molecular complexity index is 750. The first-order valence-electron chi connectivity index (χ1n) is 10.7. The van der Waals surface area contributed by atoms with Crippen LogP contribution in [0.5, 0.6) is 5.75 Å². The molecule has 1 saturated heterocycles. The van der Waals surface area contributed by atoms with Crippen molar-refractivity contribution in [1.82, 2.24) is 15.2 Å². The van der Waals surface area contributed by atoms with Gasteiger partial charge in [-0.2, -0.15) is 0 Å². The molecule has 0 radical (unpaired) electrons. The third-order valence-corrected chi connectivity index (χ3v) is 7.45. The number of fused-ring (bicyclic) bond motifs is 1. The summed E-state index contributed by atoms with van der Waals surface area (Å²) in [4.78, 5) is 19.1. The Hall–Kier alpha value is -1.88. The van der Waals surface area contributed by atoms with Crippen LogP contribution in [0.1, 0.15) is 50.0 Å². The number of allylic oxidation sites excluding steroid dienone is 1. The molecule has 1 aromatic heterocycles. The van der Waals surface area contributed by atoms with Gasteiger partial charge in [-0.25, -0.2) is 0 Å². The summed E-state index contributed by atoms with van der Waals surface area (Å²) in [5.41, 5.74) is 2.62. The lowest BCUT2D eigenvalue weighted by Crippen LogP contribution is -2.50. The number of nitrogens with one attached hydrogen (secondary N) is 1. The van der Waals surface area contributed by atoms with Crippen LogP contribution in [0.15, 0.2) is 30.0 Å². The minimum absolute atomic E-state index is 0.115. The van der Waals surface area contributed by atoms with E-state index < -0.39 is 0 Å². The summed E-state index contributed by atoms with van der Waals surface area (Å²) < 4.78 is 5.17. The SMILES string of the molecule is COc1ccnc(C(=O)NCC2CCN(CC3=CC[C@H]4C[C@@H]3C4(C)C)CC2)c1. The highest BCUT2D eigenvalue weighted by atomic mass is 16.5. The molecular formula is C23H33N3O2. The van der Waals surface area contributed by atoms with Crippen molar-refractivity contribution in [2.24, 2.45) is 23.2 Å². The lowest BCUT2D eigenvalue weighted by molar-refractivity contribution is -0.0115. The second-order valence-corrected chi connectivity index (χ2v) is 9.33. The smallest absolute Gasteiger partial charge is 0.270 e. The molecule has 5 heteroatoms. The van der Waals surface area contributed by atoms with Crippen LogP contribution < -0.4 is 10.1 Å². The number of piperidine rings is 1. The summed E-state index contributed by atoms with van der Waals surface area (Å²) >= 11 is 0. The number of methoxy groups -OCH3 is 1. The number of amides is 1. The van der Waals surface area contributed by atoms with Crippen LogP contribution in [-0.4, -0.2) is 49.1 Å². The summed E-state index contributed by atoms with van der Waals surface area (Å²) in [6.07, 6.45) is 9.11. The van der Waals surface area contributed by atoms with Gasteiger partial charge in [0.05, 0.1) is 7.11 Å². The van der Waals surface area contributed by atoms with Gasteiger partial charge in [-0.1, -0.05) is 25.5 Å². The van der Waals surface area contributed by atoms with Gasteiger partial charge in [-0.05, 0) is 68.0 Å². The van der Waals surface area contributed by atoms with Crippen LogP contribution in [0, 0.1) is 23.2 Å². The maximum Gasteiger partial charge on any atom is 0.270 e. The number of likely N-dealkylation sites (tertiary alicyclic amines) is 1. The van der Waals surface area contributed by atoms with Gasteiger partial charge in [0, 0.05) is 25.4 Å². The number of nitrogens with zero attached hydrogens (tertiary/aromatic N) is 2. The Morgan fingerprint density at radius 1 is 1.36 bits per heavy atom. The third-order valence-electron chi connectivity index (χ3n) is 7.45. The summed E-state index contributed by atoms with van der Waals surface area (Å²) in [7, 11) is 1.60. The molecule has 0 aromatic carbocycles. The van der Waals surface area contributed by atoms with Gasteiger partial charge >= 0.3 is 0 Å². The topological polar surface area (TPSA) is 54.5 Å². The van der Waals surface area contributed by atoms with Crippen molar-refractivity contribution in [3.05, 3.63) is 35.7 Å². The van der Waals surface area contributed by atoms with Crippen LogP contribution in [-0.2, 0) is 0 Å². The fourth-order valence-electron chi connectivity index (χ4n) is 5.25. The molecule has 1 N–H and O–H groups in total. The van der Waals surface area contributed by atoms with Crippen LogP contribution >= 0.6 is 0 Å². The number of aromatic nitrogens is 1. The average molecular weight is 384 g/mol. The van der Waals surface area contributed by atoms with Crippen LogP contribution in [0.2, 0.25) is 0 Å². The molecule has 152 valence electrons. The average Bonchev–Trinajstić information content (AvgIpc) is 2.73. The highest BCUT2D eigenvalue weighted by Crippen LogP contribution is 2.59. The molecule has 4 aliphatic rings. The van der Waals surface area contributed by atoms with E-state index in [1.807, 2.05) is 0 Å². The Morgan fingerprint density at radius 3 is 2.82 bits per heavy atom. The monoisotopic (exact) mass is 383 g/mol. The zero-order valence-electron chi connectivity index (χ0n) is 17.4. The minimum atomic E-state index is -0.115. The molecular weight excluding hydrogens is 350 g/mol. The maximum absolute atomic E-state index is 12.3. The number of hydrogen-bond donors (Lipinski definition) is 1. The van der Waals surface area contributed by atoms with E-state index >= 15 is 0 Å². The minimum Gasteiger partial charge on any atom is -0.497 e. The highest BCUT2D eigenvalue weighted by molar-refractivity contribution is 5.92. The molecule has 2 fully saturated rings. The van der Waals surface area contributed by atoms with Gasteiger partial charge in [0.15, 0.2) is 0 Å². The fourth-order valence-corrected chi connectivity index (χ4v) is 5.25. The molecule has 3 aliphatic carbocycles. The molecule has 1 aliphatic heterocycles. The lowest BCUT2D eigenvalue weighted by atomic mass is 9.49. The Labute approximate surface area is 168 Å². The number of hydrogen-bond acceptors (Lipinski definition) is 4. The van der Waals surface area contributed by atoms with E-state index in [2.05, 4.69) is 35.1 Å². The maximum atomic E-state index is 12.3. The molecule has 2 atom stereocenters. The van der Waals surface area contributed by atoms with Crippen molar-refractivity contribution in [3.8, 4) is 5.75 Å². The van der Waals surface area contributed by atoms with Gasteiger partial charge in [0.2, 0.25) is 0 Å². The largest absolute Gasteiger partial charge is 0.497 e. The lowest BCUT2D eigenvalue weighted by Gasteiger charge is -2.57. The van der Waals surface area contributed by atoms with Crippen molar-refractivity contribution in [2.45, 2.75) is 39.5 Å². The Kier molecular flexibility index (Phi) is 5.46. The zero-order chi connectivity index (χ0) is 19.7. The van der Waals surface area contributed by atoms with Crippen LogP contribution in [0.25, 0.3) is 0 Å². The Morgan fingerprint density at radius 2 is 2.14 bits per heavy atom. The van der Waals surface area contributed by atoms with E-state index in [1.54, 1.807) is 31.0 Å². The van der Waals surface area contributed by atoms with Crippen LogP contribution in [0.4, 0.5) is 0 Å². The molecule has 28 heavy (non-hydrogen) atoms. The molecule has 2 bridgehead atoms. The summed E-state index contributed by atoms with van der Waals surface area (Å²) in [5.74, 6) is 2.81. The first-order chi connectivity index (χ1) is 13.5. The molecule has 0 spiro atoms. The summed E-state index contributed by atoms with van der Waals surface area (Å²) in [6.45, 7) is 9.03. The molecule has 1 saturated carbocycles. The molecule has 5 nitrogen and oxygen atoms in total. The first kappa shape index (κ1) is 19.4. The fraction of sp³-hybridized carbons (Fsp3) is 0.652. The number of carbonyl (C=O) groups excluding carboxylic acids is 1. The Balaban J connectivity index is 1.21. The summed E-state index contributed by atoms with van der Waals surface area (Å²) in [6, 6.07) is 3.43. The quantitative estimate of drug-likeness (QED) is 0.764. The van der Waals surface area contributed by atoms with Crippen molar-refractivity contribution < 1.29 is 9.53 Å². The van der Waals surface area contributed by atoms with E-state index in [0.29, 0.717) is 22.8 Å². The van der Waals surface area contributed by atoms with E-state index in [1.165, 1.54) is 12.8 Å². The van der Waals surface area contributed by atoms with Gasteiger partial charge < -0.3 is 10.1 Å². The number of carbonyl (C=O) groups is 1.